The zero-order valence-electron chi connectivity index (χ0n) is 14.2. The summed E-state index contributed by atoms with van der Waals surface area (Å²) in [4.78, 5) is 0. The lowest BCUT2D eigenvalue weighted by Gasteiger charge is -2.34. The summed E-state index contributed by atoms with van der Waals surface area (Å²) < 4.78 is 40.5. The van der Waals surface area contributed by atoms with Gasteiger partial charge < -0.3 is 0 Å². The maximum Gasteiger partial charge on any atom is 0.126 e. The Kier molecular flexibility index (Phi) is 7.45. The fourth-order valence-electron chi connectivity index (χ4n) is 4.10. The van der Waals surface area contributed by atoms with E-state index in [2.05, 4.69) is 6.92 Å². The van der Waals surface area contributed by atoms with Crippen LogP contribution < -0.4 is 0 Å². The first-order valence-electron chi connectivity index (χ1n) is 9.16. The molecular weight excluding hydrogens is 297 g/mol. The van der Waals surface area contributed by atoms with Crippen LogP contribution in [-0.4, -0.2) is 6.67 Å². The van der Waals surface area contributed by atoms with Gasteiger partial charge in [-0.25, -0.2) is 8.78 Å². The Morgan fingerprint density at radius 2 is 1.78 bits per heavy atom. The summed E-state index contributed by atoms with van der Waals surface area (Å²) >= 11 is 0. The summed E-state index contributed by atoms with van der Waals surface area (Å²) in [5.41, 5.74) is 0.488. The fraction of sp³-hybridized carbons (Fsp3) is 0.700. The lowest BCUT2D eigenvalue weighted by atomic mass is 9.72. The van der Waals surface area contributed by atoms with Gasteiger partial charge in [0.1, 0.15) is 11.6 Å². The molecule has 0 N–H and O–H groups in total. The van der Waals surface area contributed by atoms with Crippen molar-refractivity contribution < 1.29 is 13.2 Å². The van der Waals surface area contributed by atoms with Crippen LogP contribution in [0.2, 0.25) is 0 Å². The van der Waals surface area contributed by atoms with Crippen molar-refractivity contribution in [3.8, 4) is 0 Å². The van der Waals surface area contributed by atoms with Gasteiger partial charge in [0, 0.05) is 12.0 Å². The number of benzene rings is 1. The topological polar surface area (TPSA) is 0 Å². The van der Waals surface area contributed by atoms with Gasteiger partial charge in [-0.15, -0.1) is 0 Å². The molecule has 0 bridgehead atoms. The molecule has 130 valence electrons. The van der Waals surface area contributed by atoms with Crippen molar-refractivity contribution in [1.29, 1.82) is 0 Å². The standard InChI is InChI=1S/C20H29F3/c1-2-3-4-5-7-15-8-6-9-16(10-15)20(14-21)17-11-18(22)13-19(23)12-17/h11-13,15-16,20H,2-10,14H2,1H3. The molecule has 2 rings (SSSR count). The van der Waals surface area contributed by atoms with Crippen molar-refractivity contribution in [2.75, 3.05) is 6.67 Å². The number of rotatable bonds is 8. The van der Waals surface area contributed by atoms with E-state index in [0.717, 1.165) is 25.3 Å². The van der Waals surface area contributed by atoms with E-state index in [1.165, 1.54) is 50.7 Å². The van der Waals surface area contributed by atoms with Gasteiger partial charge in [0.25, 0.3) is 0 Å². The summed E-state index contributed by atoms with van der Waals surface area (Å²) in [6.07, 6.45) is 10.6. The predicted molar refractivity (Wildman–Crippen MR) is 89.3 cm³/mol. The van der Waals surface area contributed by atoms with E-state index in [1.54, 1.807) is 0 Å². The molecule has 0 spiro atoms. The van der Waals surface area contributed by atoms with Crippen molar-refractivity contribution in [3.63, 3.8) is 0 Å². The van der Waals surface area contributed by atoms with Gasteiger partial charge >= 0.3 is 0 Å². The minimum atomic E-state index is -0.606. The van der Waals surface area contributed by atoms with Gasteiger partial charge in [-0.05, 0) is 42.4 Å². The van der Waals surface area contributed by atoms with Crippen LogP contribution in [0.4, 0.5) is 13.2 Å². The van der Waals surface area contributed by atoms with Crippen LogP contribution in [0.5, 0.6) is 0 Å². The monoisotopic (exact) mass is 326 g/mol. The number of hydrogen-bond donors (Lipinski definition) is 0. The largest absolute Gasteiger partial charge is 0.250 e. The summed E-state index contributed by atoms with van der Waals surface area (Å²) in [7, 11) is 0. The molecule has 0 aliphatic heterocycles. The third kappa shape index (κ3) is 5.54. The lowest BCUT2D eigenvalue weighted by molar-refractivity contribution is 0.201. The van der Waals surface area contributed by atoms with Crippen LogP contribution in [0.15, 0.2) is 18.2 Å². The van der Waals surface area contributed by atoms with Gasteiger partial charge in [-0.3, -0.25) is 4.39 Å². The summed E-state index contributed by atoms with van der Waals surface area (Å²) in [5, 5.41) is 0. The Bertz CT molecular complexity index is 452. The second kappa shape index (κ2) is 9.34. The van der Waals surface area contributed by atoms with Crippen LogP contribution in [0, 0.1) is 23.5 Å². The number of hydrogen-bond acceptors (Lipinski definition) is 0. The summed E-state index contributed by atoms with van der Waals surface area (Å²) in [5.74, 6) is -0.710. The van der Waals surface area contributed by atoms with Crippen LogP contribution >= 0.6 is 0 Å². The maximum absolute atomic E-state index is 13.6. The van der Waals surface area contributed by atoms with E-state index in [9.17, 15) is 13.2 Å². The minimum Gasteiger partial charge on any atom is -0.250 e. The molecular formula is C20H29F3. The van der Waals surface area contributed by atoms with Crippen molar-refractivity contribution in [2.45, 2.75) is 70.6 Å². The summed E-state index contributed by atoms with van der Waals surface area (Å²) in [6.45, 7) is 1.68. The Labute approximate surface area is 138 Å². The van der Waals surface area contributed by atoms with E-state index in [0.29, 0.717) is 11.5 Å². The predicted octanol–water partition coefficient (Wildman–Crippen LogP) is 6.79. The van der Waals surface area contributed by atoms with Crippen molar-refractivity contribution in [2.24, 2.45) is 11.8 Å². The highest BCUT2D eigenvalue weighted by atomic mass is 19.1. The van der Waals surface area contributed by atoms with Gasteiger partial charge in [-0.1, -0.05) is 51.9 Å². The molecule has 0 heterocycles. The molecule has 0 aromatic heterocycles. The van der Waals surface area contributed by atoms with Gasteiger partial charge in [-0.2, -0.15) is 0 Å². The SMILES string of the molecule is CCCCCCC1CCCC(C(CF)c2cc(F)cc(F)c2)C1. The molecule has 23 heavy (non-hydrogen) atoms. The summed E-state index contributed by atoms with van der Waals surface area (Å²) in [6, 6.07) is 3.46. The molecule has 3 unspecified atom stereocenters. The average molecular weight is 326 g/mol. The molecule has 3 atom stereocenters. The molecule has 1 aromatic carbocycles. The van der Waals surface area contributed by atoms with Crippen LogP contribution in [0.25, 0.3) is 0 Å². The highest BCUT2D eigenvalue weighted by molar-refractivity contribution is 5.23. The van der Waals surface area contributed by atoms with Gasteiger partial charge in [0.15, 0.2) is 0 Å². The number of unbranched alkanes of at least 4 members (excludes halogenated alkanes) is 3. The smallest absolute Gasteiger partial charge is 0.126 e. The van der Waals surface area contributed by atoms with Gasteiger partial charge in [0.05, 0.1) is 6.67 Å². The molecule has 1 aliphatic carbocycles. The fourth-order valence-corrected chi connectivity index (χ4v) is 4.10. The van der Waals surface area contributed by atoms with E-state index >= 15 is 0 Å². The molecule has 0 nitrogen and oxygen atoms in total. The first-order valence-corrected chi connectivity index (χ1v) is 9.16. The Balaban J connectivity index is 1.97. The second-order valence-corrected chi connectivity index (χ2v) is 7.11. The molecule has 0 amide bonds. The van der Waals surface area contributed by atoms with Crippen molar-refractivity contribution in [1.82, 2.24) is 0 Å². The first kappa shape index (κ1) is 18.4. The Morgan fingerprint density at radius 1 is 1.04 bits per heavy atom. The molecule has 1 aromatic rings. The molecule has 1 fully saturated rings. The minimum absolute atomic E-state index is 0.214. The zero-order chi connectivity index (χ0) is 16.7. The molecule has 1 saturated carbocycles. The lowest BCUT2D eigenvalue weighted by Crippen LogP contribution is -2.23. The molecule has 0 radical (unpaired) electrons. The quantitative estimate of drug-likeness (QED) is 0.461. The molecule has 1 aliphatic rings. The van der Waals surface area contributed by atoms with E-state index in [1.807, 2.05) is 0 Å². The second-order valence-electron chi connectivity index (χ2n) is 7.11. The molecule has 0 saturated heterocycles. The van der Waals surface area contributed by atoms with Crippen LogP contribution in [0.3, 0.4) is 0 Å². The zero-order valence-corrected chi connectivity index (χ0v) is 14.2. The Hall–Kier alpha value is -0.990. The van der Waals surface area contributed by atoms with Crippen molar-refractivity contribution in [3.05, 3.63) is 35.4 Å². The normalized spacial score (nSPS) is 23.0. The Morgan fingerprint density at radius 3 is 2.43 bits per heavy atom. The third-order valence-electron chi connectivity index (χ3n) is 5.34. The first-order chi connectivity index (χ1) is 11.1. The highest BCUT2D eigenvalue weighted by Gasteiger charge is 2.29. The van der Waals surface area contributed by atoms with E-state index in [-0.39, 0.29) is 11.8 Å². The van der Waals surface area contributed by atoms with Crippen LogP contribution in [0.1, 0.15) is 76.2 Å². The number of alkyl halides is 1. The average Bonchev–Trinajstić information content (AvgIpc) is 2.52. The maximum atomic E-state index is 13.6. The van der Waals surface area contributed by atoms with Crippen molar-refractivity contribution >= 4 is 0 Å². The van der Waals surface area contributed by atoms with E-state index < -0.39 is 18.3 Å². The van der Waals surface area contributed by atoms with Crippen LogP contribution in [-0.2, 0) is 0 Å². The number of halogens is 3. The highest BCUT2D eigenvalue weighted by Crippen LogP contribution is 2.40. The van der Waals surface area contributed by atoms with E-state index in [4.69, 9.17) is 0 Å². The molecule has 3 heteroatoms. The van der Waals surface area contributed by atoms with Gasteiger partial charge in [0.2, 0.25) is 0 Å². The third-order valence-corrected chi connectivity index (χ3v) is 5.34.